The summed E-state index contributed by atoms with van der Waals surface area (Å²) in [6.07, 6.45) is 7.63. The van der Waals surface area contributed by atoms with Crippen LogP contribution in [0.25, 0.3) is 0 Å². The van der Waals surface area contributed by atoms with E-state index in [9.17, 15) is 5.11 Å². The molecule has 3 nitrogen and oxygen atoms in total. The molecular formula is C15H26N2O. The van der Waals surface area contributed by atoms with Gasteiger partial charge in [-0.2, -0.15) is 5.10 Å². The average Bonchev–Trinajstić information content (AvgIpc) is 2.18. The molecule has 0 heterocycles. The molecule has 0 aromatic carbocycles. The maximum Gasteiger partial charge on any atom is 0.0994 e. The lowest BCUT2D eigenvalue weighted by Crippen LogP contribution is -2.49. The van der Waals surface area contributed by atoms with Gasteiger partial charge in [-0.3, -0.25) is 0 Å². The first-order valence-electron chi connectivity index (χ1n) is 6.39. The molecular weight excluding hydrogens is 224 g/mol. The second-order valence-electron chi connectivity index (χ2n) is 7.11. The van der Waals surface area contributed by atoms with Crippen molar-refractivity contribution in [3.05, 3.63) is 23.8 Å². The van der Waals surface area contributed by atoms with Gasteiger partial charge in [0.15, 0.2) is 0 Å². The number of aliphatic hydroxyl groups is 1. The average molecular weight is 250 g/mol. The first-order chi connectivity index (χ1) is 8.02. The third kappa shape index (κ3) is 2.66. The van der Waals surface area contributed by atoms with Gasteiger partial charge in [0, 0.05) is 12.1 Å². The summed E-state index contributed by atoms with van der Waals surface area (Å²) in [5.41, 5.74) is -0.102. The molecule has 102 valence electrons. The molecule has 1 rings (SSSR count). The van der Waals surface area contributed by atoms with Crippen molar-refractivity contribution in [3.8, 4) is 0 Å². The van der Waals surface area contributed by atoms with E-state index in [1.54, 1.807) is 6.21 Å². The summed E-state index contributed by atoms with van der Waals surface area (Å²) in [4.78, 5) is 0. The van der Waals surface area contributed by atoms with Crippen LogP contribution < -0.4 is 5.84 Å². The van der Waals surface area contributed by atoms with Crippen molar-refractivity contribution >= 4 is 6.21 Å². The molecule has 0 aliphatic heterocycles. The molecule has 18 heavy (non-hydrogen) atoms. The number of nitrogens with two attached hydrogens (primary N) is 1. The summed E-state index contributed by atoms with van der Waals surface area (Å²) in [6.45, 7) is 12.5. The zero-order chi connectivity index (χ0) is 14.2. The predicted octanol–water partition coefficient (Wildman–Crippen LogP) is 2.87. The fourth-order valence-corrected chi connectivity index (χ4v) is 2.17. The molecule has 0 aromatic rings. The highest BCUT2D eigenvalue weighted by atomic mass is 16.3. The Balaban J connectivity index is 3.30. The molecule has 0 radical (unpaired) electrons. The zero-order valence-electron chi connectivity index (χ0n) is 12.4. The van der Waals surface area contributed by atoms with E-state index in [0.717, 1.165) is 5.57 Å². The highest BCUT2D eigenvalue weighted by Crippen LogP contribution is 2.43. The molecule has 3 heteroatoms. The first kappa shape index (κ1) is 15.0. The summed E-state index contributed by atoms with van der Waals surface area (Å²) in [5, 5.41) is 14.6. The highest BCUT2D eigenvalue weighted by molar-refractivity contribution is 5.67. The molecule has 0 amide bonds. The van der Waals surface area contributed by atoms with Crippen molar-refractivity contribution in [2.45, 2.75) is 47.1 Å². The van der Waals surface area contributed by atoms with E-state index >= 15 is 0 Å². The third-order valence-corrected chi connectivity index (χ3v) is 3.68. The SMILES string of the molecule is CC(C)(C)C1=CC(O)(C(C)(C)C)C(C=NN)C=C1. The maximum absolute atomic E-state index is 11.1. The van der Waals surface area contributed by atoms with Gasteiger partial charge in [0.25, 0.3) is 0 Å². The fourth-order valence-electron chi connectivity index (χ4n) is 2.17. The van der Waals surface area contributed by atoms with E-state index in [-0.39, 0.29) is 16.7 Å². The summed E-state index contributed by atoms with van der Waals surface area (Å²) >= 11 is 0. The van der Waals surface area contributed by atoms with E-state index in [1.807, 2.05) is 32.9 Å². The summed E-state index contributed by atoms with van der Waals surface area (Å²) in [5.74, 6) is 5.06. The maximum atomic E-state index is 11.1. The molecule has 0 bridgehead atoms. The first-order valence-corrected chi connectivity index (χ1v) is 6.39. The Morgan fingerprint density at radius 2 is 1.83 bits per heavy atom. The number of nitrogens with zero attached hydrogens (tertiary/aromatic N) is 1. The van der Waals surface area contributed by atoms with Gasteiger partial charge in [-0.1, -0.05) is 53.7 Å². The van der Waals surface area contributed by atoms with Crippen LogP contribution in [0.2, 0.25) is 0 Å². The van der Waals surface area contributed by atoms with Gasteiger partial charge >= 0.3 is 0 Å². The zero-order valence-corrected chi connectivity index (χ0v) is 12.4. The smallest absolute Gasteiger partial charge is 0.0994 e. The Morgan fingerprint density at radius 3 is 2.22 bits per heavy atom. The monoisotopic (exact) mass is 250 g/mol. The van der Waals surface area contributed by atoms with Gasteiger partial charge in [-0.25, -0.2) is 0 Å². The molecule has 0 spiro atoms. The second kappa shape index (κ2) is 4.54. The van der Waals surface area contributed by atoms with Crippen LogP contribution in [0.3, 0.4) is 0 Å². The minimum atomic E-state index is -0.965. The molecule has 0 saturated carbocycles. The minimum Gasteiger partial charge on any atom is -0.384 e. The van der Waals surface area contributed by atoms with E-state index in [0.29, 0.717) is 0 Å². The van der Waals surface area contributed by atoms with Crippen LogP contribution in [-0.2, 0) is 0 Å². The van der Waals surface area contributed by atoms with Gasteiger partial charge in [-0.05, 0) is 22.5 Å². The third-order valence-electron chi connectivity index (χ3n) is 3.68. The topological polar surface area (TPSA) is 58.6 Å². The summed E-state index contributed by atoms with van der Waals surface area (Å²) in [6, 6.07) is 0. The summed E-state index contributed by atoms with van der Waals surface area (Å²) < 4.78 is 0. The highest BCUT2D eigenvalue weighted by Gasteiger charge is 2.45. The number of allylic oxidation sites excluding steroid dienone is 2. The van der Waals surface area contributed by atoms with Crippen LogP contribution in [0.4, 0.5) is 0 Å². The number of rotatable bonds is 1. The van der Waals surface area contributed by atoms with E-state index in [2.05, 4.69) is 31.9 Å². The van der Waals surface area contributed by atoms with Crippen molar-refractivity contribution in [2.75, 3.05) is 0 Å². The van der Waals surface area contributed by atoms with Crippen molar-refractivity contribution in [1.82, 2.24) is 0 Å². The van der Waals surface area contributed by atoms with Crippen LogP contribution in [0.5, 0.6) is 0 Å². The van der Waals surface area contributed by atoms with Crippen LogP contribution in [0.1, 0.15) is 41.5 Å². The van der Waals surface area contributed by atoms with Crippen LogP contribution in [0.15, 0.2) is 28.9 Å². The lowest BCUT2D eigenvalue weighted by molar-refractivity contribution is -0.0309. The minimum absolute atomic E-state index is 0.0144. The normalized spacial score (nSPS) is 29.7. The molecule has 0 saturated heterocycles. The lowest BCUT2D eigenvalue weighted by Gasteiger charge is -2.44. The fraction of sp³-hybridized carbons (Fsp3) is 0.667. The molecule has 2 atom stereocenters. The summed E-state index contributed by atoms with van der Waals surface area (Å²) in [7, 11) is 0. The number of hydrazone groups is 1. The Morgan fingerprint density at radius 1 is 1.28 bits per heavy atom. The van der Waals surface area contributed by atoms with E-state index in [4.69, 9.17) is 5.84 Å². The Bertz CT molecular complexity index is 394. The van der Waals surface area contributed by atoms with Crippen LogP contribution in [0, 0.1) is 16.7 Å². The largest absolute Gasteiger partial charge is 0.384 e. The predicted molar refractivity (Wildman–Crippen MR) is 77.3 cm³/mol. The molecule has 3 N–H and O–H groups in total. The van der Waals surface area contributed by atoms with Gasteiger partial charge in [0.2, 0.25) is 0 Å². The van der Waals surface area contributed by atoms with Crippen LogP contribution in [-0.4, -0.2) is 16.9 Å². The Labute approximate surface area is 110 Å². The standard InChI is InChI=1S/C15H26N2O/c1-13(2,3)11-7-8-12(10-17-16)15(18,9-11)14(4,5)6/h7-10,12,18H,16H2,1-6H3. The molecule has 0 aromatic heterocycles. The van der Waals surface area contributed by atoms with E-state index in [1.165, 1.54) is 0 Å². The quantitative estimate of drug-likeness (QED) is 0.427. The van der Waals surface area contributed by atoms with Gasteiger partial charge < -0.3 is 10.9 Å². The Kier molecular flexibility index (Phi) is 3.78. The van der Waals surface area contributed by atoms with Crippen molar-refractivity contribution in [2.24, 2.45) is 27.7 Å². The van der Waals surface area contributed by atoms with Crippen LogP contribution >= 0.6 is 0 Å². The lowest BCUT2D eigenvalue weighted by atomic mass is 9.64. The second-order valence-corrected chi connectivity index (χ2v) is 7.11. The van der Waals surface area contributed by atoms with Gasteiger partial charge in [-0.15, -0.1) is 0 Å². The van der Waals surface area contributed by atoms with Gasteiger partial charge in [0.1, 0.15) is 0 Å². The van der Waals surface area contributed by atoms with Crippen molar-refractivity contribution in [1.29, 1.82) is 0 Å². The van der Waals surface area contributed by atoms with Crippen molar-refractivity contribution in [3.63, 3.8) is 0 Å². The van der Waals surface area contributed by atoms with Crippen molar-refractivity contribution < 1.29 is 5.11 Å². The molecule has 2 unspecified atom stereocenters. The Hall–Kier alpha value is -1.09. The molecule has 1 aliphatic rings. The van der Waals surface area contributed by atoms with Gasteiger partial charge in [0.05, 0.1) is 5.60 Å². The number of hydrogen-bond acceptors (Lipinski definition) is 3. The molecule has 1 aliphatic carbocycles. The molecule has 0 fully saturated rings. The number of hydrogen-bond donors (Lipinski definition) is 2. The van der Waals surface area contributed by atoms with E-state index < -0.39 is 5.60 Å².